The van der Waals surface area contributed by atoms with Crippen LogP contribution in [0.1, 0.15) is 27.2 Å². The number of carbonyl (C=O) groups is 4. The lowest BCUT2D eigenvalue weighted by molar-refractivity contribution is -0.150. The van der Waals surface area contributed by atoms with Crippen LogP contribution < -0.4 is 16.4 Å². The summed E-state index contributed by atoms with van der Waals surface area (Å²) in [6, 6.07) is -1.42. The second-order valence-electron chi connectivity index (χ2n) is 5.15. The summed E-state index contributed by atoms with van der Waals surface area (Å²) in [5.41, 5.74) is 3.43. The van der Waals surface area contributed by atoms with E-state index in [2.05, 4.69) is 15.4 Å². The molecule has 0 aromatic carbocycles. The number of carboxylic acids is 1. The standard InChI is InChI=1S/C13H23N3O7/c1-4-23-11(21)8(6-17)15-12(22)13(14,5-9(18)19)16-10(20)7(2)3/h7-8,17H,4-6,14H2,1-3H3,(H,15,22)(H,16,20)(H,18,19)/t8-,13+/m1/s1. The molecule has 0 bridgehead atoms. The zero-order valence-electron chi connectivity index (χ0n) is 13.3. The van der Waals surface area contributed by atoms with Crippen LogP contribution >= 0.6 is 0 Å². The largest absolute Gasteiger partial charge is 0.481 e. The fourth-order valence-electron chi connectivity index (χ4n) is 1.49. The van der Waals surface area contributed by atoms with Gasteiger partial charge in [-0.25, -0.2) is 4.79 Å². The molecule has 0 heterocycles. The highest BCUT2D eigenvalue weighted by Crippen LogP contribution is 2.07. The van der Waals surface area contributed by atoms with Crippen molar-refractivity contribution in [3.63, 3.8) is 0 Å². The highest BCUT2D eigenvalue weighted by Gasteiger charge is 2.40. The molecule has 0 radical (unpaired) electrons. The van der Waals surface area contributed by atoms with E-state index in [1.165, 1.54) is 20.8 Å². The summed E-state index contributed by atoms with van der Waals surface area (Å²) in [6.45, 7) is 3.85. The van der Waals surface area contributed by atoms with Crippen molar-refractivity contribution < 1.29 is 34.1 Å². The first kappa shape index (κ1) is 20.8. The van der Waals surface area contributed by atoms with Gasteiger partial charge in [-0.2, -0.15) is 0 Å². The first-order valence-corrected chi connectivity index (χ1v) is 6.98. The van der Waals surface area contributed by atoms with Crippen molar-refractivity contribution >= 4 is 23.8 Å². The predicted octanol–water partition coefficient (Wildman–Crippen LogP) is -2.07. The number of aliphatic hydroxyl groups excluding tert-OH is 1. The van der Waals surface area contributed by atoms with Gasteiger partial charge < -0.3 is 31.3 Å². The zero-order valence-corrected chi connectivity index (χ0v) is 13.3. The van der Waals surface area contributed by atoms with Gasteiger partial charge in [0.05, 0.1) is 19.6 Å². The highest BCUT2D eigenvalue weighted by atomic mass is 16.5. The summed E-state index contributed by atoms with van der Waals surface area (Å²) < 4.78 is 4.65. The number of ether oxygens (including phenoxy) is 1. The number of aliphatic carboxylic acids is 1. The molecular weight excluding hydrogens is 310 g/mol. The minimum Gasteiger partial charge on any atom is -0.481 e. The van der Waals surface area contributed by atoms with Crippen molar-refractivity contribution in [1.82, 2.24) is 10.6 Å². The number of nitrogens with two attached hydrogens (primary N) is 1. The molecule has 23 heavy (non-hydrogen) atoms. The molecule has 0 aromatic heterocycles. The number of rotatable bonds is 9. The topological polar surface area (TPSA) is 168 Å². The maximum absolute atomic E-state index is 12.2. The summed E-state index contributed by atoms with van der Waals surface area (Å²) >= 11 is 0. The molecule has 0 spiro atoms. The van der Waals surface area contributed by atoms with Crippen molar-refractivity contribution in [2.24, 2.45) is 11.7 Å². The van der Waals surface area contributed by atoms with Gasteiger partial charge in [-0.1, -0.05) is 13.8 Å². The third-order valence-electron chi connectivity index (χ3n) is 2.76. The molecule has 0 aromatic rings. The van der Waals surface area contributed by atoms with Crippen LogP contribution in [0.15, 0.2) is 0 Å². The van der Waals surface area contributed by atoms with E-state index in [1.807, 2.05) is 0 Å². The average Bonchev–Trinajstić information content (AvgIpc) is 2.43. The monoisotopic (exact) mass is 333 g/mol. The average molecular weight is 333 g/mol. The Morgan fingerprint density at radius 1 is 1.26 bits per heavy atom. The summed E-state index contributed by atoms with van der Waals surface area (Å²) in [5.74, 6) is -4.64. The lowest BCUT2D eigenvalue weighted by Crippen LogP contribution is -2.68. The lowest BCUT2D eigenvalue weighted by atomic mass is 10.0. The van der Waals surface area contributed by atoms with E-state index < -0.39 is 54.4 Å². The normalized spacial score (nSPS) is 14.5. The van der Waals surface area contributed by atoms with E-state index in [0.29, 0.717) is 0 Å². The van der Waals surface area contributed by atoms with Crippen LogP contribution in [0.4, 0.5) is 0 Å². The van der Waals surface area contributed by atoms with Crippen LogP contribution in [0.5, 0.6) is 0 Å². The van der Waals surface area contributed by atoms with Crippen molar-refractivity contribution in [3.05, 3.63) is 0 Å². The molecule has 0 saturated heterocycles. The summed E-state index contributed by atoms with van der Waals surface area (Å²) in [5, 5.41) is 22.2. The number of esters is 1. The molecule has 0 aliphatic carbocycles. The van der Waals surface area contributed by atoms with Crippen LogP contribution in [0.25, 0.3) is 0 Å². The van der Waals surface area contributed by atoms with E-state index in [9.17, 15) is 19.2 Å². The quantitative estimate of drug-likeness (QED) is 0.237. The lowest BCUT2D eigenvalue weighted by Gasteiger charge is -2.30. The van der Waals surface area contributed by atoms with Crippen LogP contribution in [0.3, 0.4) is 0 Å². The molecule has 0 rings (SSSR count). The van der Waals surface area contributed by atoms with E-state index >= 15 is 0 Å². The van der Waals surface area contributed by atoms with Gasteiger partial charge >= 0.3 is 11.9 Å². The van der Waals surface area contributed by atoms with Gasteiger partial charge in [-0.15, -0.1) is 0 Å². The van der Waals surface area contributed by atoms with E-state index in [0.717, 1.165) is 0 Å². The maximum atomic E-state index is 12.2. The fraction of sp³-hybridized carbons (Fsp3) is 0.692. The Kier molecular flexibility index (Phi) is 8.19. The van der Waals surface area contributed by atoms with Crippen molar-refractivity contribution in [2.45, 2.75) is 38.9 Å². The third-order valence-corrected chi connectivity index (χ3v) is 2.76. The number of amides is 2. The van der Waals surface area contributed by atoms with Gasteiger partial charge in [-0.05, 0) is 6.92 Å². The minimum atomic E-state index is -2.27. The number of aliphatic hydroxyl groups is 1. The number of carbonyl (C=O) groups excluding carboxylic acids is 3. The molecule has 10 heteroatoms. The maximum Gasteiger partial charge on any atom is 0.331 e. The molecule has 2 atom stereocenters. The molecule has 132 valence electrons. The van der Waals surface area contributed by atoms with Gasteiger partial charge in [0.25, 0.3) is 5.91 Å². The Morgan fingerprint density at radius 2 is 1.83 bits per heavy atom. The number of carboxylic acid groups (broad SMARTS) is 1. The van der Waals surface area contributed by atoms with E-state index in [4.69, 9.17) is 15.9 Å². The van der Waals surface area contributed by atoms with E-state index in [1.54, 1.807) is 0 Å². The van der Waals surface area contributed by atoms with Crippen LogP contribution in [0.2, 0.25) is 0 Å². The first-order valence-electron chi connectivity index (χ1n) is 6.98. The zero-order chi connectivity index (χ0) is 18.2. The SMILES string of the molecule is CCOC(=O)[C@@H](CO)NC(=O)[C@](N)(CC(=O)O)NC(=O)C(C)C. The Labute approximate surface area is 133 Å². The van der Waals surface area contributed by atoms with Gasteiger partial charge in [0.1, 0.15) is 0 Å². The van der Waals surface area contributed by atoms with E-state index in [-0.39, 0.29) is 6.61 Å². The smallest absolute Gasteiger partial charge is 0.331 e. The molecular formula is C13H23N3O7. The molecule has 10 nitrogen and oxygen atoms in total. The minimum absolute atomic E-state index is 0.0260. The second kappa shape index (κ2) is 9.06. The second-order valence-corrected chi connectivity index (χ2v) is 5.15. The molecule has 2 amide bonds. The third kappa shape index (κ3) is 6.61. The molecule has 0 aliphatic rings. The van der Waals surface area contributed by atoms with Gasteiger partial charge in [-0.3, -0.25) is 14.4 Å². The molecule has 0 unspecified atom stereocenters. The molecule has 0 fully saturated rings. The Bertz CT molecular complexity index is 466. The fourth-order valence-corrected chi connectivity index (χ4v) is 1.49. The van der Waals surface area contributed by atoms with Crippen LogP contribution in [-0.4, -0.2) is 58.9 Å². The van der Waals surface area contributed by atoms with Gasteiger partial charge in [0, 0.05) is 5.92 Å². The van der Waals surface area contributed by atoms with Crippen LogP contribution in [0, 0.1) is 5.92 Å². The van der Waals surface area contributed by atoms with Crippen molar-refractivity contribution in [3.8, 4) is 0 Å². The molecule has 6 N–H and O–H groups in total. The van der Waals surface area contributed by atoms with Gasteiger partial charge in [0.2, 0.25) is 5.91 Å². The number of hydrogen-bond donors (Lipinski definition) is 5. The number of nitrogens with one attached hydrogen (secondary N) is 2. The number of hydrogen-bond acceptors (Lipinski definition) is 7. The summed E-state index contributed by atoms with van der Waals surface area (Å²) in [6.07, 6.45) is -0.904. The highest BCUT2D eigenvalue weighted by molar-refractivity contribution is 5.96. The van der Waals surface area contributed by atoms with Gasteiger partial charge in [0.15, 0.2) is 11.7 Å². The van der Waals surface area contributed by atoms with Crippen molar-refractivity contribution in [2.75, 3.05) is 13.2 Å². The summed E-state index contributed by atoms with van der Waals surface area (Å²) in [7, 11) is 0. The Balaban J connectivity index is 5.23. The first-order chi connectivity index (χ1) is 10.6. The molecule has 0 saturated carbocycles. The Morgan fingerprint density at radius 3 is 2.22 bits per heavy atom. The van der Waals surface area contributed by atoms with Crippen molar-refractivity contribution in [1.29, 1.82) is 0 Å². The summed E-state index contributed by atoms with van der Waals surface area (Å²) in [4.78, 5) is 46.4. The molecule has 0 aliphatic heterocycles. The Hall–Kier alpha value is -2.20. The predicted molar refractivity (Wildman–Crippen MR) is 77.8 cm³/mol. The van der Waals surface area contributed by atoms with Crippen LogP contribution in [-0.2, 0) is 23.9 Å².